The van der Waals surface area contributed by atoms with Gasteiger partial charge in [0.2, 0.25) is 5.91 Å². The van der Waals surface area contributed by atoms with Crippen LogP contribution < -0.4 is 9.47 Å². The molecule has 0 bridgehead atoms. The number of carbonyl (C=O) groups excluding carboxylic acids is 2. The number of ether oxygens (including phenoxy) is 2. The third-order valence-electron chi connectivity index (χ3n) is 4.92. The smallest absolute Gasteiger partial charge is 0.335 e. The molecule has 0 aliphatic carbocycles. The Morgan fingerprint density at radius 3 is 2.20 bits per heavy atom. The van der Waals surface area contributed by atoms with Crippen molar-refractivity contribution in [2.24, 2.45) is 0 Å². The fraction of sp³-hybridized carbons (Fsp3) is 0.318. The van der Waals surface area contributed by atoms with E-state index in [-0.39, 0.29) is 30.4 Å². The molecule has 0 atom stereocenters. The standard InChI is InChI=1S/C22H24N2O6/c1-29-18-7-2-3-8-19(18)30-14-9-20(25)23-10-12-24(13-11-23)21(26)16-5-4-6-17(15-16)22(27)28/h2-8,15H,9-14H2,1H3,(H,27,28). The van der Waals surface area contributed by atoms with Crippen LogP contribution in [0.5, 0.6) is 11.5 Å². The van der Waals surface area contributed by atoms with Crippen molar-refractivity contribution in [1.29, 1.82) is 0 Å². The number of carbonyl (C=O) groups is 3. The van der Waals surface area contributed by atoms with Gasteiger partial charge >= 0.3 is 5.97 Å². The Bertz CT molecular complexity index is 921. The molecule has 0 unspecified atom stereocenters. The first-order valence-corrected chi connectivity index (χ1v) is 9.66. The second kappa shape index (κ2) is 9.78. The summed E-state index contributed by atoms with van der Waals surface area (Å²) in [5.74, 6) is -0.138. The van der Waals surface area contributed by atoms with Gasteiger partial charge in [-0.15, -0.1) is 0 Å². The van der Waals surface area contributed by atoms with Crippen LogP contribution in [0, 0.1) is 0 Å². The van der Waals surface area contributed by atoms with Gasteiger partial charge in [-0.25, -0.2) is 4.79 Å². The van der Waals surface area contributed by atoms with E-state index in [0.717, 1.165) is 0 Å². The zero-order valence-corrected chi connectivity index (χ0v) is 16.7. The first-order chi connectivity index (χ1) is 14.5. The molecule has 30 heavy (non-hydrogen) atoms. The van der Waals surface area contributed by atoms with Crippen molar-refractivity contribution < 1.29 is 29.0 Å². The Morgan fingerprint density at radius 1 is 0.900 bits per heavy atom. The number of rotatable bonds is 7. The van der Waals surface area contributed by atoms with Crippen LogP contribution in [0.1, 0.15) is 27.1 Å². The first-order valence-electron chi connectivity index (χ1n) is 9.66. The van der Waals surface area contributed by atoms with Crippen LogP contribution in [0.4, 0.5) is 0 Å². The number of carboxylic acid groups (broad SMARTS) is 1. The van der Waals surface area contributed by atoms with Crippen molar-refractivity contribution >= 4 is 17.8 Å². The number of hydrogen-bond acceptors (Lipinski definition) is 5. The number of benzene rings is 2. The summed E-state index contributed by atoms with van der Waals surface area (Å²) in [5, 5.41) is 9.08. The molecule has 8 heteroatoms. The second-order valence-corrected chi connectivity index (χ2v) is 6.81. The van der Waals surface area contributed by atoms with E-state index in [1.54, 1.807) is 41.2 Å². The van der Waals surface area contributed by atoms with Crippen molar-refractivity contribution in [1.82, 2.24) is 9.80 Å². The van der Waals surface area contributed by atoms with Crippen molar-refractivity contribution in [2.75, 3.05) is 39.9 Å². The lowest BCUT2D eigenvalue weighted by molar-refractivity contribution is -0.133. The molecule has 0 spiro atoms. The van der Waals surface area contributed by atoms with Gasteiger partial charge in [-0.2, -0.15) is 0 Å². The maximum atomic E-state index is 12.6. The van der Waals surface area contributed by atoms with Gasteiger partial charge < -0.3 is 24.4 Å². The number of nitrogens with zero attached hydrogens (tertiary/aromatic N) is 2. The summed E-state index contributed by atoms with van der Waals surface area (Å²) < 4.78 is 10.9. The average Bonchev–Trinajstić information content (AvgIpc) is 2.79. The number of aromatic carboxylic acids is 1. The van der Waals surface area contributed by atoms with Crippen LogP contribution in [-0.2, 0) is 4.79 Å². The van der Waals surface area contributed by atoms with Crippen LogP contribution >= 0.6 is 0 Å². The minimum Gasteiger partial charge on any atom is -0.493 e. The van der Waals surface area contributed by atoms with E-state index in [0.29, 0.717) is 43.2 Å². The predicted molar refractivity (Wildman–Crippen MR) is 109 cm³/mol. The highest BCUT2D eigenvalue weighted by atomic mass is 16.5. The molecule has 0 saturated carbocycles. The molecule has 0 radical (unpaired) electrons. The SMILES string of the molecule is COc1ccccc1OCCC(=O)N1CCN(C(=O)c2cccc(C(=O)O)c2)CC1. The molecule has 1 saturated heterocycles. The van der Waals surface area contributed by atoms with Crippen LogP contribution in [0.15, 0.2) is 48.5 Å². The van der Waals surface area contributed by atoms with Gasteiger partial charge in [0.25, 0.3) is 5.91 Å². The highest BCUT2D eigenvalue weighted by molar-refractivity contribution is 5.97. The maximum Gasteiger partial charge on any atom is 0.335 e. The number of hydrogen-bond donors (Lipinski definition) is 1. The van der Waals surface area contributed by atoms with Gasteiger partial charge in [0.05, 0.1) is 25.7 Å². The monoisotopic (exact) mass is 412 g/mol. The summed E-state index contributed by atoms with van der Waals surface area (Å²) in [4.78, 5) is 39.5. The van der Waals surface area contributed by atoms with Crippen LogP contribution in [0.2, 0.25) is 0 Å². The zero-order chi connectivity index (χ0) is 21.5. The van der Waals surface area contributed by atoms with E-state index in [9.17, 15) is 14.4 Å². The molecule has 8 nitrogen and oxygen atoms in total. The number of methoxy groups -OCH3 is 1. The molecular weight excluding hydrogens is 388 g/mol. The highest BCUT2D eigenvalue weighted by Crippen LogP contribution is 2.25. The summed E-state index contributed by atoms with van der Waals surface area (Å²) in [7, 11) is 1.56. The van der Waals surface area contributed by atoms with Crippen molar-refractivity contribution in [2.45, 2.75) is 6.42 Å². The molecule has 2 amide bonds. The Kier molecular flexibility index (Phi) is 6.90. The van der Waals surface area contributed by atoms with Crippen molar-refractivity contribution in [3.05, 3.63) is 59.7 Å². The van der Waals surface area contributed by atoms with Gasteiger partial charge in [0.15, 0.2) is 11.5 Å². The molecule has 3 rings (SSSR count). The van der Waals surface area contributed by atoms with Crippen LogP contribution in [0.25, 0.3) is 0 Å². The number of carboxylic acids is 1. The molecule has 2 aromatic rings. The molecule has 1 aliphatic rings. The zero-order valence-electron chi connectivity index (χ0n) is 16.7. The Balaban J connectivity index is 1.47. The third kappa shape index (κ3) is 5.08. The van der Waals surface area contributed by atoms with Gasteiger partial charge in [-0.3, -0.25) is 9.59 Å². The fourth-order valence-corrected chi connectivity index (χ4v) is 3.27. The van der Waals surface area contributed by atoms with Gasteiger partial charge in [0, 0.05) is 31.7 Å². The number of para-hydroxylation sites is 2. The van der Waals surface area contributed by atoms with Crippen molar-refractivity contribution in [3.63, 3.8) is 0 Å². The molecule has 1 fully saturated rings. The van der Waals surface area contributed by atoms with Crippen molar-refractivity contribution in [3.8, 4) is 11.5 Å². The van der Waals surface area contributed by atoms with E-state index in [1.807, 2.05) is 12.1 Å². The highest BCUT2D eigenvalue weighted by Gasteiger charge is 2.25. The first kappa shape index (κ1) is 21.2. The Labute approximate surface area is 174 Å². The van der Waals surface area contributed by atoms with E-state index in [4.69, 9.17) is 14.6 Å². The van der Waals surface area contributed by atoms with Gasteiger partial charge in [0.1, 0.15) is 0 Å². The van der Waals surface area contributed by atoms with E-state index in [2.05, 4.69) is 0 Å². The normalized spacial score (nSPS) is 13.6. The average molecular weight is 412 g/mol. The summed E-state index contributed by atoms with van der Waals surface area (Å²) in [6, 6.07) is 13.2. The lowest BCUT2D eigenvalue weighted by Gasteiger charge is -2.35. The largest absolute Gasteiger partial charge is 0.493 e. The Hall–Kier alpha value is -3.55. The number of amides is 2. The van der Waals surface area contributed by atoms with E-state index >= 15 is 0 Å². The van der Waals surface area contributed by atoms with E-state index < -0.39 is 5.97 Å². The number of piperazine rings is 1. The van der Waals surface area contributed by atoms with E-state index in [1.165, 1.54) is 12.1 Å². The summed E-state index contributed by atoms with van der Waals surface area (Å²) in [6.45, 7) is 1.89. The Morgan fingerprint density at radius 2 is 1.53 bits per heavy atom. The van der Waals surface area contributed by atoms with Gasteiger partial charge in [-0.1, -0.05) is 18.2 Å². The minimum atomic E-state index is -1.07. The summed E-state index contributed by atoms with van der Waals surface area (Å²) in [5.41, 5.74) is 0.407. The lowest BCUT2D eigenvalue weighted by atomic mass is 10.1. The lowest BCUT2D eigenvalue weighted by Crippen LogP contribution is -2.50. The van der Waals surface area contributed by atoms with Gasteiger partial charge in [-0.05, 0) is 30.3 Å². The summed E-state index contributed by atoms with van der Waals surface area (Å²) in [6.07, 6.45) is 0.229. The fourth-order valence-electron chi connectivity index (χ4n) is 3.27. The predicted octanol–water partition coefficient (Wildman–Crippen LogP) is 2.15. The molecular formula is C22H24N2O6. The van der Waals surface area contributed by atoms with Crippen LogP contribution in [-0.4, -0.2) is 72.6 Å². The molecule has 1 heterocycles. The molecule has 158 valence electrons. The molecule has 1 aliphatic heterocycles. The molecule has 0 aromatic heterocycles. The summed E-state index contributed by atoms with van der Waals surface area (Å²) >= 11 is 0. The minimum absolute atomic E-state index is 0.0372. The maximum absolute atomic E-state index is 12.6. The second-order valence-electron chi connectivity index (χ2n) is 6.81. The topological polar surface area (TPSA) is 96.4 Å². The third-order valence-corrected chi connectivity index (χ3v) is 4.92. The van der Waals surface area contributed by atoms with Crippen LogP contribution in [0.3, 0.4) is 0 Å². The molecule has 2 aromatic carbocycles. The quantitative estimate of drug-likeness (QED) is 0.749. The molecule has 1 N–H and O–H groups in total.